The van der Waals surface area contributed by atoms with Gasteiger partial charge in [-0.3, -0.25) is 9.36 Å². The number of nitrogens with two attached hydrogens (primary N) is 1. The highest BCUT2D eigenvalue weighted by Gasteiger charge is 2.34. The Morgan fingerprint density at radius 1 is 1.22 bits per heavy atom. The van der Waals surface area contributed by atoms with Crippen LogP contribution >= 0.6 is 0 Å². The minimum Gasteiger partial charge on any atom is -0.477 e. The van der Waals surface area contributed by atoms with Crippen molar-refractivity contribution in [2.45, 2.75) is 18.9 Å². The number of halogens is 3. The van der Waals surface area contributed by atoms with Crippen molar-refractivity contribution in [3.05, 3.63) is 51.6 Å². The second-order valence-corrected chi connectivity index (χ2v) is 8.90. The number of nitrogens with zero attached hydrogens (tertiary/aromatic N) is 5. The third-order valence-corrected chi connectivity index (χ3v) is 6.31. The third-order valence-electron chi connectivity index (χ3n) is 6.31. The fraction of sp³-hybridized carbons (Fsp3) is 0.348. The molecule has 1 saturated heterocycles. The molecule has 0 aromatic carbocycles. The number of oxime groups is 1. The Balaban J connectivity index is 1.66. The van der Waals surface area contributed by atoms with E-state index >= 15 is 4.39 Å². The maximum atomic E-state index is 15.3. The minimum atomic E-state index is -1.63. The molecule has 1 saturated carbocycles. The average molecular weight is 517 g/mol. The van der Waals surface area contributed by atoms with Crippen LogP contribution in [-0.4, -0.2) is 64.1 Å². The maximum absolute atomic E-state index is 15.3. The average Bonchev–Trinajstić information content (AvgIpc) is 3.60. The van der Waals surface area contributed by atoms with Crippen LogP contribution in [0.25, 0.3) is 16.9 Å². The van der Waals surface area contributed by atoms with Gasteiger partial charge in [0.25, 0.3) is 0 Å². The number of fused-ring (bicyclic) bond motifs is 1. The molecule has 4 heterocycles. The van der Waals surface area contributed by atoms with E-state index in [9.17, 15) is 23.5 Å². The number of rotatable bonds is 7. The van der Waals surface area contributed by atoms with Gasteiger partial charge in [0.15, 0.2) is 40.6 Å². The highest BCUT2D eigenvalue weighted by molar-refractivity contribution is 5.95. The lowest BCUT2D eigenvalue weighted by atomic mass is 10.1. The first-order valence-corrected chi connectivity index (χ1v) is 11.4. The van der Waals surface area contributed by atoms with E-state index in [1.807, 2.05) is 0 Å². The summed E-state index contributed by atoms with van der Waals surface area (Å²) in [6.07, 6.45) is 2.97. The van der Waals surface area contributed by atoms with Gasteiger partial charge in [-0.1, -0.05) is 5.16 Å². The molecule has 1 atom stereocenters. The quantitative estimate of drug-likeness (QED) is 0.398. The SMILES string of the molecule is CO/N=C1/CN(c2nc3c(cc2F)c(=O)c(C(=O)O)cn3-c2nc(N)c(F)cc2F)CC1CNC1CC1. The molecule has 0 radical (unpaired) electrons. The zero-order valence-corrected chi connectivity index (χ0v) is 19.5. The van der Waals surface area contributed by atoms with Crippen molar-refractivity contribution in [2.24, 2.45) is 11.1 Å². The first kappa shape index (κ1) is 24.5. The number of anilines is 2. The molecule has 2 aliphatic rings. The zero-order valence-electron chi connectivity index (χ0n) is 19.5. The highest BCUT2D eigenvalue weighted by atomic mass is 19.1. The number of hydrogen-bond acceptors (Lipinski definition) is 9. The van der Waals surface area contributed by atoms with Crippen LogP contribution in [0.2, 0.25) is 0 Å². The summed E-state index contributed by atoms with van der Waals surface area (Å²) in [5, 5.41) is 16.5. The molecular weight excluding hydrogens is 495 g/mol. The topological polar surface area (TPSA) is 148 Å². The first-order valence-electron chi connectivity index (χ1n) is 11.4. The standard InChI is InChI=1S/C23H22F3N7O4/c1-37-31-17-9-32(7-10(17)6-28-11-2-3-11)21-15(25)4-12-18(34)13(23(35)36)8-33(20(12)30-21)22-16(26)5-14(24)19(27)29-22/h4-5,8,10-11,28H,2-3,6-7,9H2,1H3,(H2,27,29)(H,35,36)/b31-17-. The number of aromatic carboxylic acids is 1. The predicted octanol–water partition coefficient (Wildman–Crippen LogP) is 1.67. The van der Waals surface area contributed by atoms with Crippen LogP contribution in [0.1, 0.15) is 23.2 Å². The molecule has 3 aromatic heterocycles. The van der Waals surface area contributed by atoms with Gasteiger partial charge in [-0.25, -0.2) is 27.9 Å². The van der Waals surface area contributed by atoms with Gasteiger partial charge >= 0.3 is 5.97 Å². The van der Waals surface area contributed by atoms with E-state index in [-0.39, 0.29) is 23.9 Å². The van der Waals surface area contributed by atoms with Crippen molar-refractivity contribution >= 4 is 34.4 Å². The summed E-state index contributed by atoms with van der Waals surface area (Å²) in [6, 6.07) is 1.76. The molecule has 194 valence electrons. The number of hydrogen-bond donors (Lipinski definition) is 3. The number of pyridine rings is 3. The Morgan fingerprint density at radius 3 is 2.62 bits per heavy atom. The molecule has 37 heavy (non-hydrogen) atoms. The van der Waals surface area contributed by atoms with E-state index in [4.69, 9.17) is 10.6 Å². The van der Waals surface area contributed by atoms with Crippen molar-refractivity contribution < 1.29 is 27.9 Å². The van der Waals surface area contributed by atoms with E-state index in [1.165, 1.54) is 7.11 Å². The Labute approximate surface area is 207 Å². The summed E-state index contributed by atoms with van der Waals surface area (Å²) in [5.41, 5.74) is 4.07. The Hall–Kier alpha value is -4.20. The fourth-order valence-corrected chi connectivity index (χ4v) is 4.31. The zero-order chi connectivity index (χ0) is 26.4. The second-order valence-electron chi connectivity index (χ2n) is 8.90. The summed E-state index contributed by atoms with van der Waals surface area (Å²) in [4.78, 5) is 39.0. The van der Waals surface area contributed by atoms with Gasteiger partial charge in [0.05, 0.1) is 17.6 Å². The highest BCUT2D eigenvalue weighted by Crippen LogP contribution is 2.28. The van der Waals surface area contributed by atoms with E-state index in [0.717, 1.165) is 29.7 Å². The van der Waals surface area contributed by atoms with Gasteiger partial charge < -0.3 is 25.9 Å². The van der Waals surface area contributed by atoms with Crippen LogP contribution in [-0.2, 0) is 4.84 Å². The third kappa shape index (κ3) is 4.55. The van der Waals surface area contributed by atoms with Gasteiger partial charge in [0.2, 0.25) is 5.43 Å². The molecular formula is C23H22F3N7O4. The second kappa shape index (κ2) is 9.35. The molecule has 14 heteroatoms. The number of carbonyl (C=O) groups is 1. The molecule has 2 fully saturated rings. The largest absolute Gasteiger partial charge is 0.477 e. The van der Waals surface area contributed by atoms with Crippen LogP contribution in [0.5, 0.6) is 0 Å². The molecule has 0 spiro atoms. The van der Waals surface area contributed by atoms with Crippen molar-refractivity contribution in [1.29, 1.82) is 0 Å². The summed E-state index contributed by atoms with van der Waals surface area (Å²) in [5.74, 6) is -6.38. The van der Waals surface area contributed by atoms with Crippen LogP contribution in [0.4, 0.5) is 24.8 Å². The lowest BCUT2D eigenvalue weighted by Gasteiger charge is -2.19. The van der Waals surface area contributed by atoms with Crippen molar-refractivity contribution in [3.63, 3.8) is 0 Å². The first-order chi connectivity index (χ1) is 17.7. The van der Waals surface area contributed by atoms with Crippen molar-refractivity contribution in [2.75, 3.05) is 37.4 Å². The Kier molecular flexibility index (Phi) is 6.19. The van der Waals surface area contributed by atoms with Gasteiger partial charge in [-0.15, -0.1) is 0 Å². The molecule has 1 aliphatic heterocycles. The smallest absolute Gasteiger partial charge is 0.341 e. The lowest BCUT2D eigenvalue weighted by molar-refractivity contribution is 0.0695. The molecule has 3 aromatic rings. The summed E-state index contributed by atoms with van der Waals surface area (Å²) in [7, 11) is 1.41. The van der Waals surface area contributed by atoms with Gasteiger partial charge in [0, 0.05) is 37.3 Å². The van der Waals surface area contributed by atoms with Gasteiger partial charge in [0.1, 0.15) is 12.7 Å². The normalized spacial score (nSPS) is 18.6. The lowest BCUT2D eigenvalue weighted by Crippen LogP contribution is -2.30. The fourth-order valence-electron chi connectivity index (χ4n) is 4.31. The monoisotopic (exact) mass is 517 g/mol. The molecule has 11 nitrogen and oxygen atoms in total. The summed E-state index contributed by atoms with van der Waals surface area (Å²) < 4.78 is 44.7. The van der Waals surface area contributed by atoms with Gasteiger partial charge in [-0.2, -0.15) is 0 Å². The van der Waals surface area contributed by atoms with Crippen molar-refractivity contribution in [3.8, 4) is 5.82 Å². The van der Waals surface area contributed by atoms with Crippen LogP contribution in [0.3, 0.4) is 0 Å². The van der Waals surface area contributed by atoms with E-state index in [1.54, 1.807) is 4.90 Å². The summed E-state index contributed by atoms with van der Waals surface area (Å²) >= 11 is 0. The van der Waals surface area contributed by atoms with Crippen LogP contribution in [0.15, 0.2) is 28.3 Å². The van der Waals surface area contributed by atoms with Gasteiger partial charge in [-0.05, 0) is 18.9 Å². The molecule has 1 aliphatic carbocycles. The number of carboxylic acids is 1. The number of carboxylic acid groups (broad SMARTS) is 1. The minimum absolute atomic E-state index is 0.106. The molecule has 4 N–H and O–H groups in total. The number of nitrogen functional groups attached to an aromatic ring is 1. The molecule has 0 amide bonds. The number of nitrogens with one attached hydrogen (secondary N) is 1. The van der Waals surface area contributed by atoms with Crippen LogP contribution in [0, 0.1) is 23.4 Å². The van der Waals surface area contributed by atoms with E-state index in [2.05, 4.69) is 20.4 Å². The molecule has 1 unspecified atom stereocenters. The summed E-state index contributed by atoms with van der Waals surface area (Å²) in [6.45, 7) is 1.09. The number of aromatic nitrogens is 3. The van der Waals surface area contributed by atoms with E-state index in [0.29, 0.717) is 30.9 Å². The van der Waals surface area contributed by atoms with E-state index < -0.39 is 51.4 Å². The Morgan fingerprint density at radius 2 is 1.95 bits per heavy atom. The maximum Gasteiger partial charge on any atom is 0.341 e. The van der Waals surface area contributed by atoms with Crippen molar-refractivity contribution in [1.82, 2.24) is 19.9 Å². The Bertz CT molecular complexity index is 1510. The molecule has 5 rings (SSSR count). The molecule has 0 bridgehead atoms. The van der Waals surface area contributed by atoms with Crippen LogP contribution < -0.4 is 21.4 Å². The predicted molar refractivity (Wildman–Crippen MR) is 128 cm³/mol.